The molecule has 0 radical (unpaired) electrons. The molecule has 0 saturated carbocycles. The summed E-state index contributed by atoms with van der Waals surface area (Å²) in [5.74, 6) is -0.404. The highest BCUT2D eigenvalue weighted by Gasteiger charge is 2.18. The summed E-state index contributed by atoms with van der Waals surface area (Å²) in [5.41, 5.74) is 4.95. The van der Waals surface area contributed by atoms with Crippen molar-refractivity contribution in [2.45, 2.75) is 12.5 Å². The first-order valence-corrected chi connectivity index (χ1v) is 2.79. The minimum atomic E-state index is -0.432. The van der Waals surface area contributed by atoms with E-state index in [1.807, 2.05) is 0 Å². The number of hydrogen-bond donors (Lipinski definition) is 1. The average molecular weight is 131 g/mol. The Morgan fingerprint density at radius 1 is 1.67 bits per heavy atom. The maximum Gasteiger partial charge on any atom is 0.246 e. The van der Waals surface area contributed by atoms with Gasteiger partial charge in [0.1, 0.15) is 12.9 Å². The van der Waals surface area contributed by atoms with Crippen molar-refractivity contribution in [1.29, 1.82) is 0 Å². The number of ether oxygens (including phenoxy) is 2. The Morgan fingerprint density at radius 3 is 2.78 bits per heavy atom. The zero-order chi connectivity index (χ0) is 6.69. The number of nitrogens with two attached hydrogens (primary N) is 1. The Morgan fingerprint density at radius 2 is 2.44 bits per heavy atom. The summed E-state index contributed by atoms with van der Waals surface area (Å²) in [6, 6.07) is 0. The number of rotatable bonds is 1. The molecule has 2 N–H and O–H groups in total. The average Bonchev–Trinajstić information content (AvgIpc) is 1.90. The van der Waals surface area contributed by atoms with Gasteiger partial charge in [-0.3, -0.25) is 4.79 Å². The van der Waals surface area contributed by atoms with Crippen LogP contribution < -0.4 is 5.73 Å². The van der Waals surface area contributed by atoms with E-state index in [9.17, 15) is 4.79 Å². The predicted octanol–water partition coefficient (Wildman–Crippen LogP) is -0.765. The van der Waals surface area contributed by atoms with Crippen LogP contribution in [0.3, 0.4) is 0 Å². The first kappa shape index (κ1) is 6.51. The fraction of sp³-hybridized carbons (Fsp3) is 0.800. The molecule has 1 aliphatic heterocycles. The Labute approximate surface area is 52.9 Å². The monoisotopic (exact) mass is 131 g/mol. The molecule has 0 bridgehead atoms. The van der Waals surface area contributed by atoms with Crippen molar-refractivity contribution in [3.63, 3.8) is 0 Å². The molecule has 1 amide bonds. The summed E-state index contributed by atoms with van der Waals surface area (Å²) in [4.78, 5) is 10.4. The number of carbonyl (C=O) groups excluding carboxylic acids is 1. The molecule has 0 aliphatic carbocycles. The lowest BCUT2D eigenvalue weighted by molar-refractivity contribution is -0.160. The fourth-order valence-corrected chi connectivity index (χ4v) is 0.687. The van der Waals surface area contributed by atoms with E-state index >= 15 is 0 Å². The van der Waals surface area contributed by atoms with E-state index < -0.39 is 12.0 Å². The highest BCUT2D eigenvalue weighted by molar-refractivity contribution is 5.78. The number of amides is 1. The Bertz CT molecular complexity index is 109. The van der Waals surface area contributed by atoms with Crippen molar-refractivity contribution < 1.29 is 14.3 Å². The minimum absolute atomic E-state index is 0.188. The molecular weight excluding hydrogens is 122 g/mol. The van der Waals surface area contributed by atoms with Gasteiger partial charge in [-0.1, -0.05) is 0 Å². The number of hydrogen-bond acceptors (Lipinski definition) is 3. The molecule has 0 aromatic heterocycles. The second-order valence-corrected chi connectivity index (χ2v) is 1.87. The molecule has 1 rings (SSSR count). The molecule has 0 spiro atoms. The van der Waals surface area contributed by atoms with Crippen LogP contribution in [-0.4, -0.2) is 25.4 Å². The molecule has 1 heterocycles. The van der Waals surface area contributed by atoms with Gasteiger partial charge in [0, 0.05) is 6.42 Å². The van der Waals surface area contributed by atoms with Crippen molar-refractivity contribution in [2.75, 3.05) is 13.4 Å². The summed E-state index contributed by atoms with van der Waals surface area (Å²) >= 11 is 0. The molecule has 0 aromatic rings. The first-order valence-electron chi connectivity index (χ1n) is 2.79. The molecule has 9 heavy (non-hydrogen) atoms. The fourth-order valence-electron chi connectivity index (χ4n) is 0.687. The van der Waals surface area contributed by atoms with Gasteiger partial charge in [-0.2, -0.15) is 0 Å². The minimum Gasteiger partial charge on any atom is -0.367 e. The van der Waals surface area contributed by atoms with Gasteiger partial charge in [0.25, 0.3) is 0 Å². The third kappa shape index (κ3) is 1.65. The van der Waals surface area contributed by atoms with Crippen LogP contribution in [0.25, 0.3) is 0 Å². The Hall–Kier alpha value is -0.610. The standard InChI is InChI=1S/C5H9NO3/c6-5(7)4-1-2-8-3-9-4/h4H,1-3H2,(H2,6,7). The third-order valence-electron chi connectivity index (χ3n) is 1.19. The highest BCUT2D eigenvalue weighted by atomic mass is 16.7. The van der Waals surface area contributed by atoms with Gasteiger partial charge in [0.15, 0.2) is 0 Å². The van der Waals surface area contributed by atoms with Crippen molar-refractivity contribution in [1.82, 2.24) is 0 Å². The van der Waals surface area contributed by atoms with E-state index in [0.29, 0.717) is 13.0 Å². The molecule has 4 heteroatoms. The van der Waals surface area contributed by atoms with Crippen LogP contribution in [0.5, 0.6) is 0 Å². The molecule has 1 fully saturated rings. The van der Waals surface area contributed by atoms with Crippen LogP contribution in [0.2, 0.25) is 0 Å². The predicted molar refractivity (Wildman–Crippen MR) is 29.5 cm³/mol. The first-order chi connectivity index (χ1) is 4.30. The quantitative estimate of drug-likeness (QED) is 0.508. The largest absolute Gasteiger partial charge is 0.367 e. The summed E-state index contributed by atoms with van der Waals surface area (Å²) in [6.07, 6.45) is 0.147. The molecular formula is C5H9NO3. The lowest BCUT2D eigenvalue weighted by Gasteiger charge is -2.19. The van der Waals surface area contributed by atoms with Crippen LogP contribution in [-0.2, 0) is 14.3 Å². The summed E-state index contributed by atoms with van der Waals surface area (Å²) < 4.78 is 9.66. The number of carbonyl (C=O) groups is 1. The van der Waals surface area contributed by atoms with Crippen LogP contribution in [0.15, 0.2) is 0 Å². The SMILES string of the molecule is NC(=O)C1CCOCO1. The Kier molecular flexibility index (Phi) is 2.02. The van der Waals surface area contributed by atoms with Crippen molar-refractivity contribution in [3.05, 3.63) is 0 Å². The normalized spacial score (nSPS) is 27.8. The van der Waals surface area contributed by atoms with Crippen molar-refractivity contribution in [2.24, 2.45) is 5.73 Å². The van der Waals surface area contributed by atoms with Gasteiger partial charge in [-0.15, -0.1) is 0 Å². The van der Waals surface area contributed by atoms with E-state index in [1.54, 1.807) is 0 Å². The van der Waals surface area contributed by atoms with Crippen molar-refractivity contribution >= 4 is 5.91 Å². The molecule has 52 valence electrons. The van der Waals surface area contributed by atoms with Crippen LogP contribution in [0, 0.1) is 0 Å². The second-order valence-electron chi connectivity index (χ2n) is 1.87. The maximum atomic E-state index is 10.4. The molecule has 1 unspecified atom stereocenters. The molecule has 1 atom stereocenters. The van der Waals surface area contributed by atoms with Gasteiger partial charge in [0.05, 0.1) is 6.61 Å². The van der Waals surface area contributed by atoms with Gasteiger partial charge in [-0.05, 0) is 0 Å². The smallest absolute Gasteiger partial charge is 0.246 e. The van der Waals surface area contributed by atoms with E-state index in [1.165, 1.54) is 0 Å². The highest BCUT2D eigenvalue weighted by Crippen LogP contribution is 2.03. The molecule has 0 aromatic carbocycles. The van der Waals surface area contributed by atoms with Crippen LogP contribution in [0.1, 0.15) is 6.42 Å². The zero-order valence-corrected chi connectivity index (χ0v) is 5.00. The summed E-state index contributed by atoms with van der Waals surface area (Å²) in [7, 11) is 0. The van der Waals surface area contributed by atoms with Gasteiger partial charge >= 0.3 is 0 Å². The zero-order valence-electron chi connectivity index (χ0n) is 5.00. The van der Waals surface area contributed by atoms with E-state index in [4.69, 9.17) is 15.2 Å². The van der Waals surface area contributed by atoms with Gasteiger partial charge in [0.2, 0.25) is 5.91 Å². The summed E-state index contributed by atoms with van der Waals surface area (Å²) in [5, 5.41) is 0. The topological polar surface area (TPSA) is 61.6 Å². The van der Waals surface area contributed by atoms with E-state index in [0.717, 1.165) is 0 Å². The van der Waals surface area contributed by atoms with Gasteiger partial charge < -0.3 is 15.2 Å². The second kappa shape index (κ2) is 2.80. The Balaban J connectivity index is 2.31. The lowest BCUT2D eigenvalue weighted by Crippen LogP contribution is -2.36. The summed E-state index contributed by atoms with van der Waals surface area (Å²) in [6.45, 7) is 0.751. The van der Waals surface area contributed by atoms with E-state index in [-0.39, 0.29) is 6.79 Å². The molecule has 1 aliphatic rings. The van der Waals surface area contributed by atoms with Crippen LogP contribution >= 0.6 is 0 Å². The lowest BCUT2D eigenvalue weighted by atomic mass is 10.2. The van der Waals surface area contributed by atoms with E-state index in [2.05, 4.69) is 0 Å². The number of primary amides is 1. The van der Waals surface area contributed by atoms with Crippen molar-refractivity contribution in [3.8, 4) is 0 Å². The van der Waals surface area contributed by atoms with Crippen LogP contribution in [0.4, 0.5) is 0 Å². The molecule has 4 nitrogen and oxygen atoms in total. The molecule has 1 saturated heterocycles. The third-order valence-corrected chi connectivity index (χ3v) is 1.19. The maximum absolute atomic E-state index is 10.4. The van der Waals surface area contributed by atoms with Gasteiger partial charge in [-0.25, -0.2) is 0 Å².